The van der Waals surface area contributed by atoms with E-state index in [0.29, 0.717) is 40.9 Å². The Labute approximate surface area is 174 Å². The van der Waals surface area contributed by atoms with Crippen LogP contribution in [-0.4, -0.2) is 29.8 Å². The van der Waals surface area contributed by atoms with Crippen LogP contribution in [0.15, 0.2) is 42.5 Å². The van der Waals surface area contributed by atoms with Gasteiger partial charge >= 0.3 is 0 Å². The van der Waals surface area contributed by atoms with E-state index in [-0.39, 0.29) is 24.3 Å². The van der Waals surface area contributed by atoms with Gasteiger partial charge < -0.3 is 15.4 Å². The normalized spacial score (nSPS) is 14.7. The monoisotopic (exact) mass is 420 g/mol. The summed E-state index contributed by atoms with van der Waals surface area (Å²) in [5.74, 6) is 0.401. The van der Waals surface area contributed by atoms with E-state index in [1.807, 2.05) is 12.1 Å². The molecule has 0 saturated carbocycles. The van der Waals surface area contributed by atoms with E-state index < -0.39 is 0 Å². The smallest absolute Gasteiger partial charge is 0.257 e. The number of carbonyl (C=O) groups excluding carboxylic acids is 2. The lowest BCUT2D eigenvalue weighted by molar-refractivity contribution is -0.119. The Balaban J connectivity index is 1.66. The molecular weight excluding hydrogens is 399 g/mol. The van der Waals surface area contributed by atoms with Crippen LogP contribution >= 0.6 is 23.2 Å². The van der Waals surface area contributed by atoms with Crippen LogP contribution in [0.25, 0.3) is 0 Å². The molecule has 1 aliphatic rings. The van der Waals surface area contributed by atoms with Crippen LogP contribution in [0, 0.1) is 5.92 Å². The molecular formula is C21H22Cl2N2O3. The minimum atomic E-state index is -0.288. The first-order valence-electron chi connectivity index (χ1n) is 9.17. The van der Waals surface area contributed by atoms with Crippen molar-refractivity contribution in [2.75, 3.05) is 13.1 Å². The number of nitrogens with two attached hydrogens (primary N) is 1. The molecule has 0 aromatic heterocycles. The van der Waals surface area contributed by atoms with Gasteiger partial charge in [0.1, 0.15) is 12.4 Å². The Kier molecular flexibility index (Phi) is 6.81. The molecule has 2 aromatic rings. The standard InChI is InChI=1S/C21H22Cl2N2O3/c22-16-6-5-15(18(23)12-16)13-28-19-4-2-1-3-17(19)21(27)25-9-7-14(8-10-25)11-20(24)26/h1-6,12,14H,7-11,13H2,(H2,24,26). The van der Waals surface area contributed by atoms with Crippen molar-refractivity contribution in [3.63, 3.8) is 0 Å². The maximum atomic E-state index is 13.0. The second-order valence-electron chi connectivity index (χ2n) is 6.93. The first kappa shape index (κ1) is 20.5. The first-order valence-corrected chi connectivity index (χ1v) is 9.93. The van der Waals surface area contributed by atoms with Crippen LogP contribution in [0.2, 0.25) is 10.0 Å². The molecule has 5 nitrogen and oxygen atoms in total. The van der Waals surface area contributed by atoms with E-state index in [9.17, 15) is 9.59 Å². The summed E-state index contributed by atoms with van der Waals surface area (Å²) in [5, 5.41) is 1.08. The van der Waals surface area contributed by atoms with Gasteiger partial charge in [-0.2, -0.15) is 0 Å². The van der Waals surface area contributed by atoms with Gasteiger partial charge in [-0.15, -0.1) is 0 Å². The molecule has 0 atom stereocenters. The van der Waals surface area contributed by atoms with E-state index in [1.165, 1.54) is 0 Å². The quantitative estimate of drug-likeness (QED) is 0.756. The van der Waals surface area contributed by atoms with Crippen LogP contribution in [0.1, 0.15) is 35.2 Å². The second kappa shape index (κ2) is 9.30. The molecule has 0 aliphatic carbocycles. The number of amides is 2. The van der Waals surface area contributed by atoms with Crippen molar-refractivity contribution in [1.29, 1.82) is 0 Å². The van der Waals surface area contributed by atoms with Gasteiger partial charge in [0.05, 0.1) is 5.56 Å². The average molecular weight is 421 g/mol. The Morgan fingerprint density at radius 3 is 2.50 bits per heavy atom. The number of hydrogen-bond donors (Lipinski definition) is 1. The van der Waals surface area contributed by atoms with Gasteiger partial charge in [-0.3, -0.25) is 9.59 Å². The molecule has 0 bridgehead atoms. The SMILES string of the molecule is NC(=O)CC1CCN(C(=O)c2ccccc2OCc2ccc(Cl)cc2Cl)CC1. The van der Waals surface area contributed by atoms with Crippen LogP contribution in [0.3, 0.4) is 0 Å². The molecule has 2 amide bonds. The van der Waals surface area contributed by atoms with Gasteiger partial charge in [0, 0.05) is 35.1 Å². The number of halogens is 2. The lowest BCUT2D eigenvalue weighted by Gasteiger charge is -2.32. The van der Waals surface area contributed by atoms with Crippen molar-refractivity contribution < 1.29 is 14.3 Å². The van der Waals surface area contributed by atoms with Crippen LogP contribution < -0.4 is 10.5 Å². The maximum absolute atomic E-state index is 13.0. The highest BCUT2D eigenvalue weighted by Gasteiger charge is 2.26. The number of nitrogens with zero attached hydrogens (tertiary/aromatic N) is 1. The zero-order valence-corrected chi connectivity index (χ0v) is 16.9. The molecule has 1 fully saturated rings. The van der Waals surface area contributed by atoms with E-state index in [2.05, 4.69) is 0 Å². The van der Waals surface area contributed by atoms with Crippen molar-refractivity contribution in [3.05, 3.63) is 63.6 Å². The van der Waals surface area contributed by atoms with Gasteiger partial charge in [0.25, 0.3) is 5.91 Å². The zero-order chi connectivity index (χ0) is 20.1. The topological polar surface area (TPSA) is 72.6 Å². The zero-order valence-electron chi connectivity index (χ0n) is 15.4. The molecule has 2 aromatic carbocycles. The van der Waals surface area contributed by atoms with Crippen molar-refractivity contribution in [3.8, 4) is 5.75 Å². The van der Waals surface area contributed by atoms with E-state index in [0.717, 1.165) is 18.4 Å². The fourth-order valence-corrected chi connectivity index (χ4v) is 3.82. The number of likely N-dealkylation sites (tertiary alicyclic amines) is 1. The second-order valence-corrected chi connectivity index (χ2v) is 7.77. The summed E-state index contributed by atoms with van der Waals surface area (Å²) >= 11 is 12.1. The predicted molar refractivity (Wildman–Crippen MR) is 110 cm³/mol. The number of hydrogen-bond acceptors (Lipinski definition) is 3. The summed E-state index contributed by atoms with van der Waals surface area (Å²) in [6.45, 7) is 1.45. The van der Waals surface area contributed by atoms with Gasteiger partial charge in [-0.05, 0) is 43.0 Å². The van der Waals surface area contributed by atoms with Crippen LogP contribution in [0.5, 0.6) is 5.75 Å². The third-order valence-electron chi connectivity index (χ3n) is 4.91. The summed E-state index contributed by atoms with van der Waals surface area (Å²) in [6.07, 6.45) is 1.93. The molecule has 1 aliphatic heterocycles. The van der Waals surface area contributed by atoms with Crippen molar-refractivity contribution >= 4 is 35.0 Å². The van der Waals surface area contributed by atoms with Gasteiger partial charge in [-0.1, -0.05) is 41.4 Å². The Hall–Kier alpha value is -2.24. The number of primary amides is 1. The van der Waals surface area contributed by atoms with Crippen LogP contribution in [-0.2, 0) is 11.4 Å². The molecule has 0 unspecified atom stereocenters. The maximum Gasteiger partial charge on any atom is 0.257 e. The van der Waals surface area contributed by atoms with Gasteiger partial charge in [-0.25, -0.2) is 0 Å². The molecule has 7 heteroatoms. The Morgan fingerprint density at radius 1 is 1.11 bits per heavy atom. The number of para-hydroxylation sites is 1. The first-order chi connectivity index (χ1) is 13.4. The lowest BCUT2D eigenvalue weighted by atomic mass is 9.93. The summed E-state index contributed by atoms with van der Waals surface area (Å²) < 4.78 is 5.89. The van der Waals surface area contributed by atoms with Crippen molar-refractivity contribution in [2.24, 2.45) is 11.7 Å². The third-order valence-corrected chi connectivity index (χ3v) is 5.49. The number of benzene rings is 2. The molecule has 0 radical (unpaired) electrons. The summed E-state index contributed by atoms with van der Waals surface area (Å²) in [4.78, 5) is 25.9. The minimum Gasteiger partial charge on any atom is -0.488 e. The Morgan fingerprint density at radius 2 is 1.82 bits per heavy atom. The number of piperidine rings is 1. The average Bonchev–Trinajstić information content (AvgIpc) is 2.67. The summed E-state index contributed by atoms with van der Waals surface area (Å²) in [7, 11) is 0. The highest BCUT2D eigenvalue weighted by molar-refractivity contribution is 6.35. The predicted octanol–water partition coefficient (Wildman–Crippen LogP) is 4.30. The van der Waals surface area contributed by atoms with Crippen molar-refractivity contribution in [2.45, 2.75) is 25.9 Å². The van der Waals surface area contributed by atoms with Crippen molar-refractivity contribution in [1.82, 2.24) is 4.90 Å². The fourth-order valence-electron chi connectivity index (χ4n) is 3.36. The van der Waals surface area contributed by atoms with E-state index >= 15 is 0 Å². The highest BCUT2D eigenvalue weighted by atomic mass is 35.5. The van der Waals surface area contributed by atoms with Crippen LogP contribution in [0.4, 0.5) is 0 Å². The molecule has 28 heavy (non-hydrogen) atoms. The van der Waals surface area contributed by atoms with Gasteiger partial charge in [0.15, 0.2) is 0 Å². The number of carbonyl (C=O) groups is 2. The minimum absolute atomic E-state index is 0.0738. The Bertz CT molecular complexity index is 864. The molecule has 148 valence electrons. The summed E-state index contributed by atoms with van der Waals surface area (Å²) in [5.41, 5.74) is 6.58. The molecule has 3 rings (SSSR count). The number of rotatable bonds is 6. The fraction of sp³-hybridized carbons (Fsp3) is 0.333. The highest BCUT2D eigenvalue weighted by Crippen LogP contribution is 2.27. The third kappa shape index (κ3) is 5.18. The summed E-state index contributed by atoms with van der Waals surface area (Å²) in [6, 6.07) is 12.4. The van der Waals surface area contributed by atoms with E-state index in [1.54, 1.807) is 35.2 Å². The molecule has 2 N–H and O–H groups in total. The van der Waals surface area contributed by atoms with Gasteiger partial charge in [0.2, 0.25) is 5.91 Å². The largest absolute Gasteiger partial charge is 0.488 e. The molecule has 1 saturated heterocycles. The lowest BCUT2D eigenvalue weighted by Crippen LogP contribution is -2.39. The van der Waals surface area contributed by atoms with E-state index in [4.69, 9.17) is 33.7 Å². The molecule has 1 heterocycles. The molecule has 0 spiro atoms. The number of ether oxygens (including phenoxy) is 1.